The number of aryl methyl sites for hydroxylation is 2. The van der Waals surface area contributed by atoms with E-state index >= 15 is 0 Å². The molecule has 0 unspecified atom stereocenters. The molecule has 2 aromatic carbocycles. The average molecular weight is 305 g/mol. The molecular formula is C20H23N3. The molecule has 0 bridgehead atoms. The molecule has 0 fully saturated rings. The third-order valence-electron chi connectivity index (χ3n) is 4.09. The molecule has 1 heterocycles. The van der Waals surface area contributed by atoms with Crippen LogP contribution in [0.4, 0.5) is 0 Å². The second-order valence-corrected chi connectivity index (χ2v) is 6.29. The first kappa shape index (κ1) is 15.5. The largest absolute Gasteiger partial charge is 0.248 e. The highest BCUT2D eigenvalue weighted by Gasteiger charge is 2.04. The van der Waals surface area contributed by atoms with E-state index in [1.54, 1.807) is 0 Å². The average Bonchev–Trinajstić information content (AvgIpc) is 3.02. The van der Waals surface area contributed by atoms with Gasteiger partial charge < -0.3 is 0 Å². The topological polar surface area (TPSA) is 30.7 Å². The molecule has 0 atom stereocenters. The Bertz CT molecular complexity index is 727. The summed E-state index contributed by atoms with van der Waals surface area (Å²) < 4.78 is 1.91. The molecule has 0 radical (unpaired) electrons. The molecule has 3 heteroatoms. The summed E-state index contributed by atoms with van der Waals surface area (Å²) >= 11 is 0. The van der Waals surface area contributed by atoms with Gasteiger partial charge in [-0.05, 0) is 35.4 Å². The van der Waals surface area contributed by atoms with Gasteiger partial charge in [0.25, 0.3) is 0 Å². The van der Waals surface area contributed by atoms with Crippen LogP contribution in [-0.2, 0) is 19.4 Å². The highest BCUT2D eigenvalue weighted by atomic mass is 15.4. The SMILES string of the molecule is CC(C)c1ccc(CCc2cn(Cc3ccccc3)nn2)cc1. The summed E-state index contributed by atoms with van der Waals surface area (Å²) in [6.07, 6.45) is 3.98. The fraction of sp³-hybridized carbons (Fsp3) is 0.300. The van der Waals surface area contributed by atoms with Gasteiger partial charge in [0, 0.05) is 6.20 Å². The Morgan fingerprint density at radius 3 is 2.30 bits per heavy atom. The van der Waals surface area contributed by atoms with E-state index in [0.29, 0.717) is 5.92 Å². The summed E-state index contributed by atoms with van der Waals surface area (Å²) in [5.41, 5.74) is 5.04. The van der Waals surface area contributed by atoms with Gasteiger partial charge in [-0.3, -0.25) is 0 Å². The summed E-state index contributed by atoms with van der Waals surface area (Å²) in [5.74, 6) is 0.585. The fourth-order valence-electron chi connectivity index (χ4n) is 2.64. The molecule has 0 spiro atoms. The van der Waals surface area contributed by atoms with Gasteiger partial charge in [-0.15, -0.1) is 5.10 Å². The summed E-state index contributed by atoms with van der Waals surface area (Å²) in [4.78, 5) is 0. The summed E-state index contributed by atoms with van der Waals surface area (Å²) in [5, 5.41) is 8.51. The molecule has 3 nitrogen and oxygen atoms in total. The molecule has 3 rings (SSSR count). The maximum absolute atomic E-state index is 4.29. The second-order valence-electron chi connectivity index (χ2n) is 6.29. The molecule has 3 aromatic rings. The Hall–Kier alpha value is -2.42. The first-order chi connectivity index (χ1) is 11.2. The van der Waals surface area contributed by atoms with Crippen LogP contribution >= 0.6 is 0 Å². The van der Waals surface area contributed by atoms with Crippen LogP contribution in [-0.4, -0.2) is 15.0 Å². The van der Waals surface area contributed by atoms with Crippen molar-refractivity contribution in [2.24, 2.45) is 0 Å². The van der Waals surface area contributed by atoms with Crippen LogP contribution in [0, 0.1) is 0 Å². The number of benzene rings is 2. The minimum Gasteiger partial charge on any atom is -0.248 e. The Morgan fingerprint density at radius 2 is 1.61 bits per heavy atom. The van der Waals surface area contributed by atoms with Crippen molar-refractivity contribution in [3.8, 4) is 0 Å². The standard InChI is InChI=1S/C20H23N3/c1-16(2)19-11-8-17(9-12-19)10-13-20-15-23(22-21-20)14-18-6-4-3-5-7-18/h3-9,11-12,15-16H,10,13-14H2,1-2H3. The molecule has 0 saturated heterocycles. The van der Waals surface area contributed by atoms with Crippen molar-refractivity contribution in [1.29, 1.82) is 0 Å². The number of aromatic nitrogens is 3. The smallest absolute Gasteiger partial charge is 0.0830 e. The van der Waals surface area contributed by atoms with Crippen molar-refractivity contribution in [2.75, 3.05) is 0 Å². The van der Waals surface area contributed by atoms with Gasteiger partial charge in [0.05, 0.1) is 12.2 Å². The maximum Gasteiger partial charge on any atom is 0.0830 e. The zero-order chi connectivity index (χ0) is 16.1. The van der Waals surface area contributed by atoms with Crippen LogP contribution in [0.15, 0.2) is 60.8 Å². The predicted molar refractivity (Wildman–Crippen MR) is 93.5 cm³/mol. The normalized spacial score (nSPS) is 11.1. The molecule has 0 aliphatic carbocycles. The quantitative estimate of drug-likeness (QED) is 0.682. The van der Waals surface area contributed by atoms with E-state index in [1.165, 1.54) is 16.7 Å². The number of rotatable bonds is 6. The molecule has 0 N–H and O–H groups in total. The lowest BCUT2D eigenvalue weighted by atomic mass is 10.00. The number of hydrogen-bond acceptors (Lipinski definition) is 2. The number of hydrogen-bond donors (Lipinski definition) is 0. The van der Waals surface area contributed by atoms with E-state index in [9.17, 15) is 0 Å². The van der Waals surface area contributed by atoms with Gasteiger partial charge in [-0.2, -0.15) is 0 Å². The Labute approximate surface area is 138 Å². The van der Waals surface area contributed by atoms with Crippen LogP contribution in [0.5, 0.6) is 0 Å². The molecule has 0 amide bonds. The Balaban J connectivity index is 1.56. The van der Waals surface area contributed by atoms with Crippen molar-refractivity contribution in [3.63, 3.8) is 0 Å². The van der Waals surface area contributed by atoms with E-state index in [4.69, 9.17) is 0 Å². The molecule has 0 aliphatic rings. The monoisotopic (exact) mass is 305 g/mol. The van der Waals surface area contributed by atoms with Crippen molar-refractivity contribution < 1.29 is 0 Å². The lowest BCUT2D eigenvalue weighted by molar-refractivity contribution is 0.649. The maximum atomic E-state index is 4.29. The van der Waals surface area contributed by atoms with Crippen LogP contribution in [0.3, 0.4) is 0 Å². The minimum atomic E-state index is 0.585. The lowest BCUT2D eigenvalue weighted by Gasteiger charge is -2.06. The first-order valence-electron chi connectivity index (χ1n) is 8.22. The molecule has 0 aliphatic heterocycles. The summed E-state index contributed by atoms with van der Waals surface area (Å²) in [6, 6.07) is 19.3. The zero-order valence-electron chi connectivity index (χ0n) is 13.8. The second kappa shape index (κ2) is 7.23. The first-order valence-corrected chi connectivity index (χ1v) is 8.22. The molecule has 0 saturated carbocycles. The van der Waals surface area contributed by atoms with Gasteiger partial charge in [0.2, 0.25) is 0 Å². The van der Waals surface area contributed by atoms with Gasteiger partial charge in [-0.25, -0.2) is 4.68 Å². The van der Waals surface area contributed by atoms with Crippen LogP contribution in [0.25, 0.3) is 0 Å². The minimum absolute atomic E-state index is 0.585. The van der Waals surface area contributed by atoms with Gasteiger partial charge in [-0.1, -0.05) is 73.7 Å². The Kier molecular flexibility index (Phi) is 4.86. The highest BCUT2D eigenvalue weighted by molar-refractivity contribution is 5.25. The van der Waals surface area contributed by atoms with Crippen molar-refractivity contribution in [1.82, 2.24) is 15.0 Å². The van der Waals surface area contributed by atoms with E-state index in [-0.39, 0.29) is 0 Å². The van der Waals surface area contributed by atoms with E-state index < -0.39 is 0 Å². The van der Waals surface area contributed by atoms with Crippen LogP contribution < -0.4 is 0 Å². The molecule has 23 heavy (non-hydrogen) atoms. The van der Waals surface area contributed by atoms with Gasteiger partial charge in [0.15, 0.2) is 0 Å². The lowest BCUT2D eigenvalue weighted by Crippen LogP contribution is -1.99. The van der Waals surface area contributed by atoms with Gasteiger partial charge >= 0.3 is 0 Å². The highest BCUT2D eigenvalue weighted by Crippen LogP contribution is 2.15. The van der Waals surface area contributed by atoms with Crippen LogP contribution in [0.1, 0.15) is 42.1 Å². The van der Waals surface area contributed by atoms with E-state index in [2.05, 4.69) is 66.8 Å². The van der Waals surface area contributed by atoms with Crippen molar-refractivity contribution in [2.45, 2.75) is 39.2 Å². The fourth-order valence-corrected chi connectivity index (χ4v) is 2.64. The van der Waals surface area contributed by atoms with E-state index in [0.717, 1.165) is 25.1 Å². The van der Waals surface area contributed by atoms with E-state index in [1.807, 2.05) is 22.9 Å². The summed E-state index contributed by atoms with van der Waals surface area (Å²) in [6.45, 7) is 5.22. The van der Waals surface area contributed by atoms with Crippen molar-refractivity contribution in [3.05, 3.63) is 83.2 Å². The van der Waals surface area contributed by atoms with Gasteiger partial charge in [0.1, 0.15) is 0 Å². The third kappa shape index (κ3) is 4.28. The van der Waals surface area contributed by atoms with Crippen molar-refractivity contribution >= 4 is 0 Å². The molecule has 118 valence electrons. The number of nitrogens with zero attached hydrogens (tertiary/aromatic N) is 3. The molecular weight excluding hydrogens is 282 g/mol. The van der Waals surface area contributed by atoms with Crippen LogP contribution in [0.2, 0.25) is 0 Å². The summed E-state index contributed by atoms with van der Waals surface area (Å²) in [7, 11) is 0. The predicted octanol–water partition coefficient (Wildman–Crippen LogP) is 4.24. The Morgan fingerprint density at radius 1 is 0.870 bits per heavy atom. The molecule has 1 aromatic heterocycles. The third-order valence-corrected chi connectivity index (χ3v) is 4.09. The zero-order valence-corrected chi connectivity index (χ0v) is 13.8.